The number of nitrogens with zero attached hydrogens (tertiary/aromatic N) is 1. The van der Waals surface area contributed by atoms with E-state index >= 15 is 0 Å². The predicted molar refractivity (Wildman–Crippen MR) is 71.5 cm³/mol. The summed E-state index contributed by atoms with van der Waals surface area (Å²) in [5.74, 6) is 1.81. The summed E-state index contributed by atoms with van der Waals surface area (Å²) in [6.45, 7) is 9.50. The van der Waals surface area contributed by atoms with Crippen LogP contribution in [0.1, 0.15) is 52.4 Å². The third-order valence-corrected chi connectivity index (χ3v) is 3.99. The Balaban J connectivity index is 2.21. The predicted octanol–water partition coefficient (Wildman–Crippen LogP) is 2.87. The van der Waals surface area contributed by atoms with Crippen LogP contribution >= 0.6 is 0 Å². The van der Waals surface area contributed by atoms with Gasteiger partial charge in [-0.05, 0) is 63.6 Å². The van der Waals surface area contributed by atoms with Gasteiger partial charge in [-0.2, -0.15) is 0 Å². The molecule has 96 valence electrons. The maximum atomic E-state index is 5.56. The molecule has 1 saturated heterocycles. The van der Waals surface area contributed by atoms with Crippen molar-refractivity contribution in [1.82, 2.24) is 4.90 Å². The van der Waals surface area contributed by atoms with E-state index < -0.39 is 0 Å². The van der Waals surface area contributed by atoms with Gasteiger partial charge in [0.15, 0.2) is 0 Å². The van der Waals surface area contributed by atoms with E-state index in [0.717, 1.165) is 18.4 Å². The number of hydrogen-bond donors (Lipinski definition) is 1. The van der Waals surface area contributed by atoms with Gasteiger partial charge in [-0.15, -0.1) is 0 Å². The fourth-order valence-corrected chi connectivity index (χ4v) is 2.81. The van der Waals surface area contributed by atoms with Gasteiger partial charge >= 0.3 is 0 Å². The third kappa shape index (κ3) is 5.31. The maximum Gasteiger partial charge on any atom is 0.000703 e. The van der Waals surface area contributed by atoms with Crippen LogP contribution in [-0.4, -0.2) is 31.1 Å². The van der Waals surface area contributed by atoms with Gasteiger partial charge in [0, 0.05) is 6.54 Å². The normalized spacial score (nSPS) is 25.3. The Labute approximate surface area is 102 Å². The van der Waals surface area contributed by atoms with E-state index in [1.165, 1.54) is 58.2 Å². The Kier molecular flexibility index (Phi) is 7.06. The van der Waals surface area contributed by atoms with Crippen molar-refractivity contribution >= 4 is 0 Å². The van der Waals surface area contributed by atoms with Gasteiger partial charge in [-0.25, -0.2) is 0 Å². The lowest BCUT2D eigenvalue weighted by molar-refractivity contribution is 0.236. The summed E-state index contributed by atoms with van der Waals surface area (Å²) >= 11 is 0. The Morgan fingerprint density at radius 3 is 2.81 bits per heavy atom. The molecule has 2 atom stereocenters. The van der Waals surface area contributed by atoms with Crippen molar-refractivity contribution in [1.29, 1.82) is 0 Å². The second-order valence-electron chi connectivity index (χ2n) is 5.54. The zero-order valence-electron chi connectivity index (χ0n) is 11.3. The van der Waals surface area contributed by atoms with E-state index in [1.54, 1.807) is 0 Å². The smallest absolute Gasteiger partial charge is 0.000703 e. The van der Waals surface area contributed by atoms with Crippen molar-refractivity contribution in [2.45, 2.75) is 52.4 Å². The third-order valence-electron chi connectivity index (χ3n) is 3.99. The molecule has 0 aromatic rings. The summed E-state index contributed by atoms with van der Waals surface area (Å²) in [6, 6.07) is 0. The van der Waals surface area contributed by atoms with Gasteiger partial charge in [-0.1, -0.05) is 20.3 Å². The molecule has 0 saturated carbocycles. The van der Waals surface area contributed by atoms with Crippen molar-refractivity contribution in [3.63, 3.8) is 0 Å². The Morgan fingerprint density at radius 2 is 2.12 bits per heavy atom. The first kappa shape index (κ1) is 14.0. The molecule has 1 fully saturated rings. The Bertz CT molecular complexity index is 170. The van der Waals surface area contributed by atoms with Crippen molar-refractivity contribution < 1.29 is 0 Å². The van der Waals surface area contributed by atoms with E-state index in [-0.39, 0.29) is 0 Å². The van der Waals surface area contributed by atoms with Gasteiger partial charge in [0.1, 0.15) is 0 Å². The van der Waals surface area contributed by atoms with Gasteiger partial charge in [0.25, 0.3) is 0 Å². The molecule has 1 aliphatic rings. The van der Waals surface area contributed by atoms with Crippen LogP contribution in [-0.2, 0) is 0 Å². The zero-order valence-corrected chi connectivity index (χ0v) is 11.3. The highest BCUT2D eigenvalue weighted by Gasteiger charge is 2.16. The summed E-state index contributed by atoms with van der Waals surface area (Å²) in [6.07, 6.45) is 8.12. The van der Waals surface area contributed by atoms with Crippen LogP contribution in [0.4, 0.5) is 0 Å². The van der Waals surface area contributed by atoms with Crippen LogP contribution in [0.15, 0.2) is 0 Å². The maximum absolute atomic E-state index is 5.56. The molecule has 0 aromatic carbocycles. The Hall–Kier alpha value is -0.0800. The molecule has 0 radical (unpaired) electrons. The number of nitrogens with two attached hydrogens (primary N) is 1. The molecule has 0 aromatic heterocycles. The number of likely N-dealkylation sites (tertiary alicyclic amines) is 1. The van der Waals surface area contributed by atoms with Crippen LogP contribution in [0, 0.1) is 11.8 Å². The fourth-order valence-electron chi connectivity index (χ4n) is 2.81. The largest absolute Gasteiger partial charge is 0.330 e. The highest BCUT2D eigenvalue weighted by Crippen LogP contribution is 2.21. The molecule has 2 unspecified atom stereocenters. The highest BCUT2D eigenvalue weighted by molar-refractivity contribution is 4.71. The SMILES string of the molecule is CCC1CCCN(CC(C)CCCN)CC1. The van der Waals surface area contributed by atoms with E-state index in [2.05, 4.69) is 18.7 Å². The molecule has 1 rings (SSSR count). The molecule has 1 heterocycles. The van der Waals surface area contributed by atoms with Gasteiger partial charge in [0.2, 0.25) is 0 Å². The molecule has 2 heteroatoms. The van der Waals surface area contributed by atoms with Crippen LogP contribution in [0.25, 0.3) is 0 Å². The lowest BCUT2D eigenvalue weighted by Crippen LogP contribution is -2.30. The first-order valence-electron chi connectivity index (χ1n) is 7.18. The summed E-state index contributed by atoms with van der Waals surface area (Å²) in [4.78, 5) is 2.68. The molecule has 0 spiro atoms. The number of hydrogen-bond acceptors (Lipinski definition) is 2. The number of rotatable bonds is 6. The highest BCUT2D eigenvalue weighted by atomic mass is 15.1. The van der Waals surface area contributed by atoms with Gasteiger partial charge in [-0.3, -0.25) is 0 Å². The quantitative estimate of drug-likeness (QED) is 0.754. The molecule has 0 aliphatic carbocycles. The Morgan fingerprint density at radius 1 is 1.31 bits per heavy atom. The second kappa shape index (κ2) is 8.08. The summed E-state index contributed by atoms with van der Waals surface area (Å²) in [5, 5.41) is 0. The first-order chi connectivity index (χ1) is 7.76. The average Bonchev–Trinajstić information content (AvgIpc) is 2.51. The minimum atomic E-state index is 0.821. The van der Waals surface area contributed by atoms with Crippen LogP contribution < -0.4 is 5.73 Å². The van der Waals surface area contributed by atoms with Crippen LogP contribution in [0.3, 0.4) is 0 Å². The first-order valence-corrected chi connectivity index (χ1v) is 7.18. The second-order valence-corrected chi connectivity index (χ2v) is 5.54. The lowest BCUT2D eigenvalue weighted by Gasteiger charge is -2.24. The molecular formula is C14H30N2. The monoisotopic (exact) mass is 226 g/mol. The van der Waals surface area contributed by atoms with Crippen LogP contribution in [0.5, 0.6) is 0 Å². The fraction of sp³-hybridized carbons (Fsp3) is 1.00. The minimum absolute atomic E-state index is 0.821. The lowest BCUT2D eigenvalue weighted by atomic mass is 9.98. The zero-order chi connectivity index (χ0) is 11.8. The molecule has 1 aliphatic heterocycles. The minimum Gasteiger partial charge on any atom is -0.330 e. The average molecular weight is 226 g/mol. The van der Waals surface area contributed by atoms with E-state index in [4.69, 9.17) is 5.73 Å². The van der Waals surface area contributed by atoms with E-state index in [9.17, 15) is 0 Å². The van der Waals surface area contributed by atoms with Gasteiger partial charge in [0.05, 0.1) is 0 Å². The summed E-state index contributed by atoms with van der Waals surface area (Å²) < 4.78 is 0. The van der Waals surface area contributed by atoms with Gasteiger partial charge < -0.3 is 10.6 Å². The standard InChI is InChI=1S/C14H30N2/c1-3-14-7-5-10-16(11-8-14)12-13(2)6-4-9-15/h13-14H,3-12,15H2,1-2H3. The van der Waals surface area contributed by atoms with Crippen molar-refractivity contribution in [3.8, 4) is 0 Å². The van der Waals surface area contributed by atoms with Crippen molar-refractivity contribution in [3.05, 3.63) is 0 Å². The molecule has 16 heavy (non-hydrogen) atoms. The van der Waals surface area contributed by atoms with Crippen molar-refractivity contribution in [2.75, 3.05) is 26.2 Å². The summed E-state index contributed by atoms with van der Waals surface area (Å²) in [7, 11) is 0. The van der Waals surface area contributed by atoms with E-state index in [0.29, 0.717) is 0 Å². The molecule has 2 N–H and O–H groups in total. The summed E-state index contributed by atoms with van der Waals surface area (Å²) in [5.41, 5.74) is 5.56. The molecule has 0 amide bonds. The van der Waals surface area contributed by atoms with Crippen molar-refractivity contribution in [2.24, 2.45) is 17.6 Å². The molecular weight excluding hydrogens is 196 g/mol. The van der Waals surface area contributed by atoms with E-state index in [1.807, 2.05) is 0 Å². The molecule has 0 bridgehead atoms. The van der Waals surface area contributed by atoms with Crippen LogP contribution in [0.2, 0.25) is 0 Å². The molecule has 2 nitrogen and oxygen atoms in total. The topological polar surface area (TPSA) is 29.3 Å².